The molecule has 32 heavy (non-hydrogen) atoms. The first-order valence-electron chi connectivity index (χ1n) is 9.88. The minimum Gasteiger partial charge on any atom is -0.494 e. The third-order valence-corrected chi connectivity index (χ3v) is 5.51. The number of aryl methyl sites for hydroxylation is 2. The minimum absolute atomic E-state index is 0.159. The van der Waals surface area contributed by atoms with Crippen LogP contribution < -0.4 is 14.8 Å². The molecule has 0 saturated heterocycles. The van der Waals surface area contributed by atoms with Gasteiger partial charge in [0.1, 0.15) is 28.8 Å². The molecule has 1 amide bonds. The molecule has 10 heteroatoms. The summed E-state index contributed by atoms with van der Waals surface area (Å²) in [5.74, 6) is 1.81. The van der Waals surface area contributed by atoms with Crippen LogP contribution in [0.2, 0.25) is 0 Å². The lowest BCUT2D eigenvalue weighted by atomic mass is 10.2. The van der Waals surface area contributed by atoms with Gasteiger partial charge >= 0.3 is 0 Å². The molecule has 0 spiro atoms. The molecule has 2 aromatic heterocycles. The predicted molar refractivity (Wildman–Crippen MR) is 120 cm³/mol. The number of thiazole rings is 1. The van der Waals surface area contributed by atoms with Gasteiger partial charge in [0, 0.05) is 11.1 Å². The largest absolute Gasteiger partial charge is 0.494 e. The number of rotatable bonds is 8. The zero-order valence-electron chi connectivity index (χ0n) is 17.9. The number of methoxy groups -OCH3 is 1. The number of benzene rings is 2. The molecule has 1 N–H and O–H groups in total. The number of hydrogen-bond donors (Lipinski definition) is 1. The van der Waals surface area contributed by atoms with Crippen molar-refractivity contribution in [3.63, 3.8) is 0 Å². The second kappa shape index (κ2) is 9.56. The molecule has 2 aromatic carbocycles. The van der Waals surface area contributed by atoms with Crippen molar-refractivity contribution < 1.29 is 14.3 Å². The number of nitrogens with zero attached hydrogens (tertiary/aromatic N) is 5. The molecule has 0 fully saturated rings. The number of hydrogen-bond acceptors (Lipinski definition) is 8. The number of tetrazole rings is 1. The molecule has 2 heterocycles. The van der Waals surface area contributed by atoms with Gasteiger partial charge in [-0.05, 0) is 54.6 Å². The van der Waals surface area contributed by atoms with Gasteiger partial charge in [0.05, 0.1) is 19.2 Å². The van der Waals surface area contributed by atoms with E-state index >= 15 is 0 Å². The third kappa shape index (κ3) is 5.09. The molecule has 4 rings (SSSR count). The summed E-state index contributed by atoms with van der Waals surface area (Å²) in [6.07, 6.45) is 0.159. The molecule has 0 aliphatic rings. The van der Waals surface area contributed by atoms with Crippen molar-refractivity contribution in [3.8, 4) is 17.2 Å². The van der Waals surface area contributed by atoms with Crippen molar-refractivity contribution in [1.29, 1.82) is 0 Å². The van der Waals surface area contributed by atoms with E-state index in [0.717, 1.165) is 10.8 Å². The second-order valence-electron chi connectivity index (χ2n) is 7.08. The second-order valence-corrected chi connectivity index (χ2v) is 8.03. The summed E-state index contributed by atoms with van der Waals surface area (Å²) in [6.45, 7) is 4.18. The summed E-state index contributed by atoms with van der Waals surface area (Å²) < 4.78 is 12.7. The SMILES string of the molecule is COc1ccc(NC(=O)Cc2csc(COc3ccc(C)cc3)n2)cc1-n1nnnc1C. The van der Waals surface area contributed by atoms with Crippen LogP contribution in [0.25, 0.3) is 5.69 Å². The molecule has 0 aliphatic carbocycles. The van der Waals surface area contributed by atoms with Gasteiger partial charge in [-0.2, -0.15) is 4.68 Å². The number of nitrogens with one attached hydrogen (secondary N) is 1. The molecule has 4 aromatic rings. The fourth-order valence-electron chi connectivity index (χ4n) is 3.03. The Kier molecular flexibility index (Phi) is 6.41. The van der Waals surface area contributed by atoms with Gasteiger partial charge in [-0.15, -0.1) is 16.4 Å². The topological polar surface area (TPSA) is 104 Å². The summed E-state index contributed by atoms with van der Waals surface area (Å²) in [7, 11) is 1.57. The predicted octanol–water partition coefficient (Wildman–Crippen LogP) is 3.50. The first-order chi connectivity index (χ1) is 15.5. The lowest BCUT2D eigenvalue weighted by Crippen LogP contribution is -2.15. The Hall–Kier alpha value is -3.79. The lowest BCUT2D eigenvalue weighted by Gasteiger charge is -2.11. The normalized spacial score (nSPS) is 10.7. The molecule has 0 unspecified atom stereocenters. The molecule has 0 atom stereocenters. The lowest BCUT2D eigenvalue weighted by molar-refractivity contribution is -0.115. The highest BCUT2D eigenvalue weighted by atomic mass is 32.1. The Balaban J connectivity index is 1.38. The fourth-order valence-corrected chi connectivity index (χ4v) is 3.74. The van der Waals surface area contributed by atoms with Crippen molar-refractivity contribution in [2.45, 2.75) is 26.9 Å². The van der Waals surface area contributed by atoms with Crippen LogP contribution in [-0.2, 0) is 17.8 Å². The van der Waals surface area contributed by atoms with Crippen LogP contribution in [0, 0.1) is 13.8 Å². The van der Waals surface area contributed by atoms with E-state index in [1.165, 1.54) is 16.9 Å². The maximum absolute atomic E-state index is 12.6. The summed E-state index contributed by atoms with van der Waals surface area (Å²) in [5, 5.41) is 17.1. The van der Waals surface area contributed by atoms with Gasteiger partial charge in [0.15, 0.2) is 5.82 Å². The zero-order chi connectivity index (χ0) is 22.5. The first kappa shape index (κ1) is 21.4. The zero-order valence-corrected chi connectivity index (χ0v) is 18.7. The molecular formula is C22H22N6O3S. The molecule has 0 radical (unpaired) electrons. The van der Waals surface area contributed by atoms with Gasteiger partial charge < -0.3 is 14.8 Å². The summed E-state index contributed by atoms with van der Waals surface area (Å²) in [4.78, 5) is 17.1. The Morgan fingerprint density at radius 3 is 2.69 bits per heavy atom. The highest BCUT2D eigenvalue weighted by Gasteiger charge is 2.13. The van der Waals surface area contributed by atoms with Crippen LogP contribution in [0.4, 0.5) is 5.69 Å². The molecular weight excluding hydrogens is 428 g/mol. The quantitative estimate of drug-likeness (QED) is 0.438. The first-order valence-corrected chi connectivity index (χ1v) is 10.8. The fraction of sp³-hybridized carbons (Fsp3) is 0.227. The van der Waals surface area contributed by atoms with E-state index in [4.69, 9.17) is 9.47 Å². The van der Waals surface area contributed by atoms with Crippen molar-refractivity contribution in [2.24, 2.45) is 0 Å². The van der Waals surface area contributed by atoms with E-state index in [-0.39, 0.29) is 12.3 Å². The summed E-state index contributed by atoms with van der Waals surface area (Å²) >= 11 is 1.47. The Morgan fingerprint density at radius 2 is 1.97 bits per heavy atom. The number of carbonyl (C=O) groups is 1. The van der Waals surface area contributed by atoms with E-state index in [1.807, 2.05) is 36.6 Å². The molecule has 0 aliphatic heterocycles. The van der Waals surface area contributed by atoms with Crippen LogP contribution >= 0.6 is 11.3 Å². The third-order valence-electron chi connectivity index (χ3n) is 4.64. The van der Waals surface area contributed by atoms with E-state index in [2.05, 4.69) is 25.8 Å². The standard InChI is InChI=1S/C22H22N6O3S/c1-14-4-7-18(8-5-14)31-12-22-24-17(13-32-22)11-21(29)23-16-6-9-20(30-3)19(10-16)28-15(2)25-26-27-28/h4-10,13H,11-12H2,1-3H3,(H,23,29). The molecule has 164 valence electrons. The van der Waals surface area contributed by atoms with Crippen molar-refractivity contribution in [1.82, 2.24) is 25.2 Å². The number of amides is 1. The molecule has 9 nitrogen and oxygen atoms in total. The van der Waals surface area contributed by atoms with Gasteiger partial charge in [0.2, 0.25) is 5.91 Å². The van der Waals surface area contributed by atoms with Crippen LogP contribution in [-0.4, -0.2) is 38.2 Å². The summed E-state index contributed by atoms with van der Waals surface area (Å²) in [6, 6.07) is 13.1. The van der Waals surface area contributed by atoms with Crippen molar-refractivity contribution >= 4 is 22.9 Å². The number of anilines is 1. The monoisotopic (exact) mass is 450 g/mol. The Bertz CT molecular complexity index is 1220. The van der Waals surface area contributed by atoms with E-state index in [9.17, 15) is 4.79 Å². The van der Waals surface area contributed by atoms with Crippen LogP contribution in [0.5, 0.6) is 11.5 Å². The van der Waals surface area contributed by atoms with E-state index in [0.29, 0.717) is 35.2 Å². The van der Waals surface area contributed by atoms with Crippen molar-refractivity contribution in [3.05, 3.63) is 69.9 Å². The van der Waals surface area contributed by atoms with E-state index < -0.39 is 0 Å². The molecule has 0 saturated carbocycles. The minimum atomic E-state index is -0.175. The average Bonchev–Trinajstić information content (AvgIpc) is 3.41. The van der Waals surface area contributed by atoms with Crippen LogP contribution in [0.15, 0.2) is 47.8 Å². The number of aromatic nitrogens is 5. The maximum atomic E-state index is 12.6. The van der Waals surface area contributed by atoms with Crippen molar-refractivity contribution in [2.75, 3.05) is 12.4 Å². The van der Waals surface area contributed by atoms with Crippen LogP contribution in [0.3, 0.4) is 0 Å². The highest BCUT2D eigenvalue weighted by Crippen LogP contribution is 2.26. The average molecular weight is 451 g/mol. The Morgan fingerprint density at radius 1 is 1.16 bits per heavy atom. The number of carbonyl (C=O) groups excluding carboxylic acids is 1. The highest BCUT2D eigenvalue weighted by molar-refractivity contribution is 7.09. The molecule has 0 bridgehead atoms. The maximum Gasteiger partial charge on any atom is 0.230 e. The van der Waals surface area contributed by atoms with Gasteiger partial charge in [-0.25, -0.2) is 4.98 Å². The van der Waals surface area contributed by atoms with Crippen LogP contribution in [0.1, 0.15) is 22.1 Å². The Labute approximate surface area is 189 Å². The van der Waals surface area contributed by atoms with Gasteiger partial charge in [-0.3, -0.25) is 4.79 Å². The summed E-state index contributed by atoms with van der Waals surface area (Å²) in [5.41, 5.74) is 3.12. The van der Waals surface area contributed by atoms with Gasteiger partial charge in [0.25, 0.3) is 0 Å². The smallest absolute Gasteiger partial charge is 0.230 e. The van der Waals surface area contributed by atoms with Gasteiger partial charge in [-0.1, -0.05) is 17.7 Å². The number of ether oxygens (including phenoxy) is 2. The van der Waals surface area contributed by atoms with E-state index in [1.54, 1.807) is 36.9 Å².